The summed E-state index contributed by atoms with van der Waals surface area (Å²) >= 11 is 0. The number of nitrogens with one attached hydrogen (secondary N) is 1. The first-order valence-corrected chi connectivity index (χ1v) is 8.28. The van der Waals surface area contributed by atoms with Crippen molar-refractivity contribution < 1.29 is 0 Å². The van der Waals surface area contributed by atoms with E-state index < -0.39 is 0 Å². The van der Waals surface area contributed by atoms with Gasteiger partial charge in [-0.15, -0.1) is 0 Å². The molecule has 0 bridgehead atoms. The standard InChI is InChI=1S/C16H30N2/c1-3-9-17-15-8-10-18(12(2)11-15)16(13-4-5-13)14-6-7-14/h12-17H,3-11H2,1-2H3. The number of likely N-dealkylation sites (tertiary alicyclic amines) is 1. The molecule has 3 fully saturated rings. The lowest BCUT2D eigenvalue weighted by Crippen LogP contribution is -2.52. The zero-order valence-electron chi connectivity index (χ0n) is 12.2. The first kappa shape index (κ1) is 12.9. The molecular formula is C16H30N2. The molecule has 1 aliphatic heterocycles. The molecule has 2 aliphatic carbocycles. The van der Waals surface area contributed by atoms with E-state index in [2.05, 4.69) is 24.1 Å². The van der Waals surface area contributed by atoms with Crippen molar-refractivity contribution in [1.29, 1.82) is 0 Å². The largest absolute Gasteiger partial charge is 0.314 e. The predicted octanol–water partition coefficient (Wildman–Crippen LogP) is 3.03. The Morgan fingerprint density at radius 1 is 1.11 bits per heavy atom. The topological polar surface area (TPSA) is 15.3 Å². The maximum absolute atomic E-state index is 3.72. The fourth-order valence-electron chi connectivity index (χ4n) is 3.97. The molecular weight excluding hydrogens is 220 g/mol. The monoisotopic (exact) mass is 250 g/mol. The van der Waals surface area contributed by atoms with Crippen molar-refractivity contribution in [3.05, 3.63) is 0 Å². The Morgan fingerprint density at radius 2 is 1.78 bits per heavy atom. The van der Waals surface area contributed by atoms with Crippen LogP contribution in [0, 0.1) is 11.8 Å². The lowest BCUT2D eigenvalue weighted by molar-refractivity contribution is 0.0650. The highest BCUT2D eigenvalue weighted by Crippen LogP contribution is 2.48. The fraction of sp³-hybridized carbons (Fsp3) is 1.00. The Balaban J connectivity index is 1.54. The molecule has 0 aromatic rings. The molecule has 1 saturated heterocycles. The summed E-state index contributed by atoms with van der Waals surface area (Å²) in [5.41, 5.74) is 0. The minimum atomic E-state index is 0.787. The highest BCUT2D eigenvalue weighted by atomic mass is 15.2. The second-order valence-corrected chi connectivity index (χ2v) is 6.93. The van der Waals surface area contributed by atoms with Crippen molar-refractivity contribution >= 4 is 0 Å². The van der Waals surface area contributed by atoms with Crippen LogP contribution in [0.1, 0.15) is 58.8 Å². The predicted molar refractivity (Wildman–Crippen MR) is 76.7 cm³/mol. The molecule has 0 radical (unpaired) electrons. The van der Waals surface area contributed by atoms with Gasteiger partial charge in [0.25, 0.3) is 0 Å². The first-order chi connectivity index (χ1) is 8.79. The van der Waals surface area contributed by atoms with Gasteiger partial charge in [-0.1, -0.05) is 6.92 Å². The highest BCUT2D eigenvalue weighted by Gasteiger charge is 2.46. The molecule has 0 aromatic heterocycles. The highest BCUT2D eigenvalue weighted by molar-refractivity contribution is 5.00. The summed E-state index contributed by atoms with van der Waals surface area (Å²) in [6.45, 7) is 7.28. The van der Waals surface area contributed by atoms with E-state index in [9.17, 15) is 0 Å². The van der Waals surface area contributed by atoms with Crippen molar-refractivity contribution in [3.63, 3.8) is 0 Å². The third kappa shape index (κ3) is 2.91. The van der Waals surface area contributed by atoms with Gasteiger partial charge in [-0.25, -0.2) is 0 Å². The second kappa shape index (κ2) is 5.50. The molecule has 0 aromatic carbocycles. The smallest absolute Gasteiger partial charge is 0.0155 e. The summed E-state index contributed by atoms with van der Waals surface area (Å²) in [6.07, 6.45) is 10.1. The lowest BCUT2D eigenvalue weighted by Gasteiger charge is -2.43. The fourth-order valence-corrected chi connectivity index (χ4v) is 3.97. The van der Waals surface area contributed by atoms with E-state index in [4.69, 9.17) is 0 Å². The van der Waals surface area contributed by atoms with Gasteiger partial charge in [0.2, 0.25) is 0 Å². The maximum atomic E-state index is 3.72. The van der Waals surface area contributed by atoms with E-state index >= 15 is 0 Å². The van der Waals surface area contributed by atoms with Crippen LogP contribution in [0.2, 0.25) is 0 Å². The molecule has 3 aliphatic rings. The lowest BCUT2D eigenvalue weighted by atomic mass is 9.93. The van der Waals surface area contributed by atoms with Crippen LogP contribution in [0.4, 0.5) is 0 Å². The van der Waals surface area contributed by atoms with Gasteiger partial charge < -0.3 is 5.32 Å². The molecule has 2 heteroatoms. The van der Waals surface area contributed by atoms with Gasteiger partial charge in [0.15, 0.2) is 0 Å². The van der Waals surface area contributed by atoms with E-state index in [0.717, 1.165) is 30.0 Å². The van der Waals surface area contributed by atoms with Gasteiger partial charge in [0, 0.05) is 24.7 Å². The molecule has 2 saturated carbocycles. The summed E-state index contributed by atoms with van der Waals surface area (Å²) in [5, 5.41) is 3.72. The summed E-state index contributed by atoms with van der Waals surface area (Å²) in [5.74, 6) is 2.14. The van der Waals surface area contributed by atoms with E-state index in [1.807, 2.05) is 0 Å². The second-order valence-electron chi connectivity index (χ2n) is 6.93. The molecule has 2 nitrogen and oxygen atoms in total. The number of nitrogens with zero attached hydrogens (tertiary/aromatic N) is 1. The Bertz CT molecular complexity index is 258. The van der Waals surface area contributed by atoms with Crippen molar-refractivity contribution in [3.8, 4) is 0 Å². The van der Waals surface area contributed by atoms with Crippen LogP contribution >= 0.6 is 0 Å². The number of hydrogen-bond acceptors (Lipinski definition) is 2. The summed E-state index contributed by atoms with van der Waals surface area (Å²) in [7, 11) is 0. The Hall–Kier alpha value is -0.0800. The molecule has 104 valence electrons. The molecule has 1 heterocycles. The third-order valence-electron chi connectivity index (χ3n) is 5.20. The van der Waals surface area contributed by atoms with Crippen LogP contribution in [-0.4, -0.2) is 36.1 Å². The zero-order valence-corrected chi connectivity index (χ0v) is 12.2. The molecule has 2 unspecified atom stereocenters. The van der Waals surface area contributed by atoms with Crippen molar-refractivity contribution in [2.24, 2.45) is 11.8 Å². The van der Waals surface area contributed by atoms with E-state index in [-0.39, 0.29) is 0 Å². The molecule has 18 heavy (non-hydrogen) atoms. The summed E-state index contributed by atoms with van der Waals surface area (Å²) < 4.78 is 0. The van der Waals surface area contributed by atoms with Crippen molar-refractivity contribution in [2.75, 3.05) is 13.1 Å². The van der Waals surface area contributed by atoms with Crippen LogP contribution in [-0.2, 0) is 0 Å². The maximum Gasteiger partial charge on any atom is 0.0155 e. The van der Waals surface area contributed by atoms with Gasteiger partial charge in [-0.3, -0.25) is 4.90 Å². The third-order valence-corrected chi connectivity index (χ3v) is 5.20. The molecule has 3 rings (SSSR count). The van der Waals surface area contributed by atoms with Gasteiger partial charge in [0.1, 0.15) is 0 Å². The van der Waals surface area contributed by atoms with Crippen LogP contribution in [0.25, 0.3) is 0 Å². The molecule has 2 atom stereocenters. The van der Waals surface area contributed by atoms with Gasteiger partial charge >= 0.3 is 0 Å². The van der Waals surface area contributed by atoms with Crippen molar-refractivity contribution in [1.82, 2.24) is 10.2 Å². The van der Waals surface area contributed by atoms with Crippen LogP contribution in [0.3, 0.4) is 0 Å². The van der Waals surface area contributed by atoms with Crippen molar-refractivity contribution in [2.45, 2.75) is 76.9 Å². The summed E-state index contributed by atoms with van der Waals surface area (Å²) in [4.78, 5) is 2.89. The average Bonchev–Trinajstić information content (AvgIpc) is 3.23. The van der Waals surface area contributed by atoms with E-state index in [1.165, 1.54) is 58.0 Å². The summed E-state index contributed by atoms with van der Waals surface area (Å²) in [6, 6.07) is 2.56. The zero-order chi connectivity index (χ0) is 12.5. The average molecular weight is 250 g/mol. The minimum absolute atomic E-state index is 0.787. The van der Waals surface area contributed by atoms with Crippen LogP contribution < -0.4 is 5.32 Å². The number of rotatable bonds is 6. The van der Waals surface area contributed by atoms with Gasteiger partial charge in [-0.05, 0) is 70.3 Å². The Labute approximate surface area is 113 Å². The molecule has 1 N–H and O–H groups in total. The molecule has 0 spiro atoms. The van der Waals surface area contributed by atoms with Crippen LogP contribution in [0.15, 0.2) is 0 Å². The van der Waals surface area contributed by atoms with Gasteiger partial charge in [0.05, 0.1) is 0 Å². The number of hydrogen-bond donors (Lipinski definition) is 1. The van der Waals surface area contributed by atoms with E-state index in [1.54, 1.807) is 0 Å². The quantitative estimate of drug-likeness (QED) is 0.779. The number of piperidine rings is 1. The first-order valence-electron chi connectivity index (χ1n) is 8.28. The van der Waals surface area contributed by atoms with Gasteiger partial charge in [-0.2, -0.15) is 0 Å². The Kier molecular flexibility index (Phi) is 3.95. The van der Waals surface area contributed by atoms with Crippen LogP contribution in [0.5, 0.6) is 0 Å². The Morgan fingerprint density at radius 3 is 2.28 bits per heavy atom. The van der Waals surface area contributed by atoms with E-state index in [0.29, 0.717) is 0 Å². The minimum Gasteiger partial charge on any atom is -0.314 e. The molecule has 0 amide bonds. The normalized spacial score (nSPS) is 34.2. The SMILES string of the molecule is CCCNC1CCN(C(C2CC2)C2CC2)C(C)C1.